The van der Waals surface area contributed by atoms with Crippen molar-refractivity contribution in [2.45, 2.75) is 39.5 Å². The summed E-state index contributed by atoms with van der Waals surface area (Å²) in [6, 6.07) is 1.93. The summed E-state index contributed by atoms with van der Waals surface area (Å²) < 4.78 is 4.19. The molecule has 2 atom stereocenters. The summed E-state index contributed by atoms with van der Waals surface area (Å²) in [4.78, 5) is 27.0. The second-order valence-electron chi connectivity index (χ2n) is 7.85. The Morgan fingerprint density at radius 3 is 2.74 bits per heavy atom. The highest BCUT2D eigenvalue weighted by Gasteiger charge is 2.25. The van der Waals surface area contributed by atoms with Crippen molar-refractivity contribution in [3.63, 3.8) is 0 Å². The van der Waals surface area contributed by atoms with Crippen LogP contribution >= 0.6 is 11.3 Å². The minimum atomic E-state index is -0.0463. The molecular weight excluding hydrogens is 362 g/mol. The van der Waals surface area contributed by atoms with Crippen molar-refractivity contribution in [2.24, 2.45) is 18.9 Å². The SMILES string of the molecule is C[C@@H]1C[C@H](C)CN(C(=O)CCCc2nnc3n(C)c(=O)c4sccc4n23)C1. The van der Waals surface area contributed by atoms with Crippen LogP contribution in [0.4, 0.5) is 0 Å². The van der Waals surface area contributed by atoms with Gasteiger partial charge in [-0.1, -0.05) is 13.8 Å². The molecular formula is C19H25N5O2S. The van der Waals surface area contributed by atoms with Crippen molar-refractivity contribution in [3.8, 4) is 0 Å². The Morgan fingerprint density at radius 1 is 1.26 bits per heavy atom. The number of carbonyl (C=O) groups excluding carboxylic acids is 1. The van der Waals surface area contributed by atoms with Crippen LogP contribution in [-0.2, 0) is 18.3 Å². The van der Waals surface area contributed by atoms with Crippen LogP contribution in [0.3, 0.4) is 0 Å². The molecule has 0 aliphatic carbocycles. The van der Waals surface area contributed by atoms with Crippen molar-refractivity contribution < 1.29 is 4.79 Å². The maximum absolute atomic E-state index is 12.6. The summed E-state index contributed by atoms with van der Waals surface area (Å²) in [6.07, 6.45) is 3.11. The van der Waals surface area contributed by atoms with E-state index in [1.165, 1.54) is 22.3 Å². The molecule has 1 saturated heterocycles. The Bertz CT molecular complexity index is 1040. The van der Waals surface area contributed by atoms with Gasteiger partial charge in [0.15, 0.2) is 0 Å². The van der Waals surface area contributed by atoms with Crippen LogP contribution in [0.2, 0.25) is 0 Å². The molecule has 7 nitrogen and oxygen atoms in total. The minimum absolute atomic E-state index is 0.0463. The van der Waals surface area contributed by atoms with E-state index in [9.17, 15) is 9.59 Å². The number of hydrogen-bond donors (Lipinski definition) is 0. The monoisotopic (exact) mass is 387 g/mol. The van der Waals surface area contributed by atoms with E-state index in [0.717, 1.165) is 30.9 Å². The molecule has 8 heteroatoms. The summed E-state index contributed by atoms with van der Waals surface area (Å²) in [7, 11) is 1.72. The molecule has 0 N–H and O–H groups in total. The molecule has 0 saturated carbocycles. The summed E-state index contributed by atoms with van der Waals surface area (Å²) in [6.45, 7) is 6.17. The number of carbonyl (C=O) groups is 1. The average molecular weight is 388 g/mol. The lowest BCUT2D eigenvalue weighted by Gasteiger charge is -2.35. The highest BCUT2D eigenvalue weighted by atomic mass is 32.1. The lowest BCUT2D eigenvalue weighted by atomic mass is 9.91. The molecule has 4 rings (SSSR count). The Morgan fingerprint density at radius 2 is 2.00 bits per heavy atom. The van der Waals surface area contributed by atoms with Crippen molar-refractivity contribution in [2.75, 3.05) is 13.1 Å². The molecule has 3 aromatic heterocycles. The van der Waals surface area contributed by atoms with Crippen molar-refractivity contribution in [3.05, 3.63) is 27.6 Å². The maximum atomic E-state index is 12.6. The summed E-state index contributed by atoms with van der Waals surface area (Å²) in [5, 5.41) is 10.4. The molecule has 27 heavy (non-hydrogen) atoms. The molecule has 0 bridgehead atoms. The fraction of sp³-hybridized carbons (Fsp3) is 0.579. The van der Waals surface area contributed by atoms with Gasteiger partial charge in [0.25, 0.3) is 5.56 Å². The molecule has 4 heterocycles. The third-order valence-corrected chi connectivity index (χ3v) is 6.30. The van der Waals surface area contributed by atoms with Gasteiger partial charge in [-0.2, -0.15) is 0 Å². The molecule has 0 radical (unpaired) electrons. The number of amides is 1. The fourth-order valence-electron chi connectivity index (χ4n) is 4.24. The first kappa shape index (κ1) is 18.2. The van der Waals surface area contributed by atoms with Crippen molar-refractivity contribution >= 4 is 33.2 Å². The predicted molar refractivity (Wildman–Crippen MR) is 106 cm³/mol. The number of piperidine rings is 1. The van der Waals surface area contributed by atoms with Gasteiger partial charge in [-0.3, -0.25) is 18.6 Å². The average Bonchev–Trinajstić information content (AvgIpc) is 3.25. The Hall–Kier alpha value is -2.22. The number of aryl methyl sites for hydroxylation is 2. The molecule has 3 aromatic rings. The normalized spacial score (nSPS) is 20.6. The first-order valence-electron chi connectivity index (χ1n) is 9.53. The number of thiophene rings is 1. The van der Waals surface area contributed by atoms with E-state index in [2.05, 4.69) is 24.0 Å². The van der Waals surface area contributed by atoms with Crippen LogP contribution < -0.4 is 5.56 Å². The highest BCUT2D eigenvalue weighted by Crippen LogP contribution is 2.22. The lowest BCUT2D eigenvalue weighted by Crippen LogP contribution is -2.42. The summed E-state index contributed by atoms with van der Waals surface area (Å²) >= 11 is 1.43. The third-order valence-electron chi connectivity index (χ3n) is 5.41. The molecule has 144 valence electrons. The van der Waals surface area contributed by atoms with Gasteiger partial charge < -0.3 is 4.90 Å². The van der Waals surface area contributed by atoms with Gasteiger partial charge in [0.05, 0.1) is 5.52 Å². The number of hydrogen-bond acceptors (Lipinski definition) is 5. The lowest BCUT2D eigenvalue weighted by molar-refractivity contribution is -0.133. The standard InChI is InChI=1S/C19H25N5O2S/c1-12-9-13(2)11-23(10-12)16(25)6-4-5-15-20-21-19-22(3)18(26)17-14(24(15)19)7-8-27-17/h7-8,12-13H,4-6,9-11H2,1-3H3/t12-,13+. The van der Waals surface area contributed by atoms with Gasteiger partial charge >= 0.3 is 0 Å². The van der Waals surface area contributed by atoms with Crippen LogP contribution in [-0.4, -0.2) is 43.1 Å². The Kier molecular flexibility index (Phi) is 4.75. The van der Waals surface area contributed by atoms with Gasteiger partial charge in [0.1, 0.15) is 10.5 Å². The molecule has 0 spiro atoms. The molecule has 0 aromatic carbocycles. The predicted octanol–water partition coefficient (Wildman–Crippen LogP) is 2.47. The third kappa shape index (κ3) is 3.26. The Labute approximate surface area is 161 Å². The zero-order chi connectivity index (χ0) is 19.1. The van der Waals surface area contributed by atoms with Gasteiger partial charge in [-0.15, -0.1) is 21.5 Å². The number of nitrogens with zero attached hydrogens (tertiary/aromatic N) is 5. The maximum Gasteiger partial charge on any atom is 0.272 e. The summed E-state index contributed by atoms with van der Waals surface area (Å²) in [5.41, 5.74) is 0.804. The zero-order valence-electron chi connectivity index (χ0n) is 16.0. The fourth-order valence-corrected chi connectivity index (χ4v) is 5.09. The number of fused-ring (bicyclic) bond motifs is 3. The van der Waals surface area contributed by atoms with Crippen LogP contribution in [0.25, 0.3) is 16.0 Å². The molecule has 1 aliphatic rings. The zero-order valence-corrected chi connectivity index (χ0v) is 16.8. The second kappa shape index (κ2) is 7.07. The van der Waals surface area contributed by atoms with Gasteiger partial charge in [0, 0.05) is 33.0 Å². The molecule has 1 fully saturated rings. The highest BCUT2D eigenvalue weighted by molar-refractivity contribution is 7.17. The smallest absolute Gasteiger partial charge is 0.272 e. The topological polar surface area (TPSA) is 72.5 Å². The van der Waals surface area contributed by atoms with Gasteiger partial charge in [-0.25, -0.2) is 0 Å². The van der Waals surface area contributed by atoms with E-state index in [1.807, 2.05) is 20.7 Å². The van der Waals surface area contributed by atoms with Crippen molar-refractivity contribution in [1.82, 2.24) is 24.1 Å². The van der Waals surface area contributed by atoms with Crippen LogP contribution in [0.1, 0.15) is 38.9 Å². The largest absolute Gasteiger partial charge is 0.342 e. The van der Waals surface area contributed by atoms with Crippen LogP contribution in [0.15, 0.2) is 16.2 Å². The first-order chi connectivity index (χ1) is 13.0. The Balaban J connectivity index is 1.50. The number of likely N-dealkylation sites (tertiary alicyclic amines) is 1. The van der Waals surface area contributed by atoms with E-state index >= 15 is 0 Å². The van der Waals surface area contributed by atoms with E-state index < -0.39 is 0 Å². The number of rotatable bonds is 4. The number of aromatic nitrogens is 4. The summed E-state index contributed by atoms with van der Waals surface area (Å²) in [5.74, 6) is 2.73. The van der Waals surface area contributed by atoms with Crippen molar-refractivity contribution in [1.29, 1.82) is 0 Å². The van der Waals surface area contributed by atoms with E-state index in [4.69, 9.17) is 0 Å². The minimum Gasteiger partial charge on any atom is -0.342 e. The van der Waals surface area contributed by atoms with Crippen LogP contribution in [0.5, 0.6) is 0 Å². The second-order valence-corrected chi connectivity index (χ2v) is 8.77. The molecule has 1 aliphatic heterocycles. The molecule has 1 amide bonds. The van der Waals surface area contributed by atoms with E-state index in [-0.39, 0.29) is 11.5 Å². The van der Waals surface area contributed by atoms with Crippen LogP contribution in [0, 0.1) is 11.8 Å². The first-order valence-corrected chi connectivity index (χ1v) is 10.4. The van der Waals surface area contributed by atoms with Gasteiger partial charge in [0.2, 0.25) is 11.7 Å². The molecule has 0 unspecified atom stereocenters. The van der Waals surface area contributed by atoms with E-state index in [1.54, 1.807) is 7.05 Å². The van der Waals surface area contributed by atoms with Gasteiger partial charge in [-0.05, 0) is 36.1 Å². The van der Waals surface area contributed by atoms with E-state index in [0.29, 0.717) is 35.2 Å². The quantitative estimate of drug-likeness (QED) is 0.689.